The molecule has 0 amide bonds. The standard InChI is InChI=1S/C13H17ClN2O2S/c1-11(16-8-6-15-7-9-16)19(17,18)10-12-2-4-13(14)5-3-12/h2-5,15H,1,6-10H2. The lowest BCUT2D eigenvalue weighted by molar-refractivity contribution is 0.314. The second-order valence-corrected chi connectivity index (χ2v) is 6.94. The first-order valence-corrected chi connectivity index (χ1v) is 8.14. The van der Waals surface area contributed by atoms with Crippen molar-refractivity contribution in [2.45, 2.75) is 5.75 Å². The van der Waals surface area contributed by atoms with E-state index in [1.54, 1.807) is 24.3 Å². The molecule has 19 heavy (non-hydrogen) atoms. The van der Waals surface area contributed by atoms with E-state index < -0.39 is 9.84 Å². The van der Waals surface area contributed by atoms with Crippen LogP contribution in [0.1, 0.15) is 5.56 Å². The molecule has 0 atom stereocenters. The molecule has 0 aromatic heterocycles. The van der Waals surface area contributed by atoms with Crippen LogP contribution in [-0.4, -0.2) is 39.5 Å². The molecule has 0 spiro atoms. The highest BCUT2D eigenvalue weighted by Gasteiger charge is 2.23. The lowest BCUT2D eigenvalue weighted by Gasteiger charge is -2.30. The molecule has 0 aliphatic carbocycles. The number of benzene rings is 1. The second kappa shape index (κ2) is 5.94. The molecule has 1 heterocycles. The number of hydrogen-bond acceptors (Lipinski definition) is 4. The van der Waals surface area contributed by atoms with Crippen molar-refractivity contribution in [2.24, 2.45) is 0 Å². The summed E-state index contributed by atoms with van der Waals surface area (Å²) in [6.45, 7) is 6.68. The van der Waals surface area contributed by atoms with Crippen molar-refractivity contribution in [1.82, 2.24) is 10.2 Å². The van der Waals surface area contributed by atoms with Crippen LogP contribution in [0.25, 0.3) is 0 Å². The van der Waals surface area contributed by atoms with Crippen LogP contribution < -0.4 is 5.32 Å². The largest absolute Gasteiger partial charge is 0.360 e. The average molecular weight is 301 g/mol. The lowest BCUT2D eigenvalue weighted by atomic mass is 10.2. The minimum atomic E-state index is -3.37. The molecule has 1 aromatic rings. The van der Waals surface area contributed by atoms with Crippen molar-refractivity contribution in [3.05, 3.63) is 46.5 Å². The fourth-order valence-electron chi connectivity index (χ4n) is 1.99. The van der Waals surface area contributed by atoms with E-state index in [0.717, 1.165) is 18.7 Å². The lowest BCUT2D eigenvalue weighted by Crippen LogP contribution is -2.44. The minimum Gasteiger partial charge on any atom is -0.360 e. The first-order valence-electron chi connectivity index (χ1n) is 6.11. The van der Waals surface area contributed by atoms with E-state index in [2.05, 4.69) is 11.9 Å². The van der Waals surface area contributed by atoms with Crippen LogP contribution in [0.15, 0.2) is 35.9 Å². The van der Waals surface area contributed by atoms with E-state index in [1.807, 2.05) is 4.90 Å². The molecular weight excluding hydrogens is 284 g/mol. The zero-order chi connectivity index (χ0) is 13.9. The molecule has 6 heteroatoms. The van der Waals surface area contributed by atoms with Gasteiger partial charge in [0, 0.05) is 31.2 Å². The smallest absolute Gasteiger partial charge is 0.196 e. The predicted molar refractivity (Wildman–Crippen MR) is 77.7 cm³/mol. The van der Waals surface area contributed by atoms with Crippen LogP contribution >= 0.6 is 11.6 Å². The molecule has 0 bridgehead atoms. The predicted octanol–water partition coefficient (Wildman–Crippen LogP) is 1.63. The summed E-state index contributed by atoms with van der Waals surface area (Å²) in [6.07, 6.45) is 0. The highest BCUT2D eigenvalue weighted by atomic mass is 35.5. The van der Waals surface area contributed by atoms with E-state index >= 15 is 0 Å². The fraction of sp³-hybridized carbons (Fsp3) is 0.385. The second-order valence-electron chi connectivity index (χ2n) is 4.52. The number of sulfone groups is 1. The number of rotatable bonds is 4. The molecule has 1 fully saturated rings. The van der Waals surface area contributed by atoms with Gasteiger partial charge >= 0.3 is 0 Å². The molecular formula is C13H17ClN2O2S. The molecule has 0 radical (unpaired) electrons. The maximum absolute atomic E-state index is 12.3. The van der Waals surface area contributed by atoms with E-state index in [0.29, 0.717) is 18.1 Å². The summed E-state index contributed by atoms with van der Waals surface area (Å²) in [4.78, 5) is 1.82. The normalized spacial score (nSPS) is 16.4. The Morgan fingerprint density at radius 3 is 2.42 bits per heavy atom. The topological polar surface area (TPSA) is 49.4 Å². The molecule has 1 N–H and O–H groups in total. The first kappa shape index (κ1) is 14.4. The molecule has 0 saturated carbocycles. The Kier molecular flexibility index (Phi) is 4.50. The van der Waals surface area contributed by atoms with Gasteiger partial charge in [-0.05, 0) is 17.7 Å². The van der Waals surface area contributed by atoms with Gasteiger partial charge < -0.3 is 10.2 Å². The van der Waals surface area contributed by atoms with Crippen LogP contribution in [0.3, 0.4) is 0 Å². The summed E-state index contributed by atoms with van der Waals surface area (Å²) >= 11 is 5.79. The summed E-state index contributed by atoms with van der Waals surface area (Å²) in [5.41, 5.74) is 0.723. The zero-order valence-electron chi connectivity index (χ0n) is 10.6. The Labute approximate surface area is 119 Å². The van der Waals surface area contributed by atoms with Gasteiger partial charge in [0.15, 0.2) is 9.84 Å². The number of hydrogen-bond donors (Lipinski definition) is 1. The van der Waals surface area contributed by atoms with Crippen molar-refractivity contribution in [1.29, 1.82) is 0 Å². The molecule has 1 saturated heterocycles. The van der Waals surface area contributed by atoms with Crippen molar-refractivity contribution in [3.8, 4) is 0 Å². The van der Waals surface area contributed by atoms with Crippen LogP contribution in [0, 0.1) is 0 Å². The fourth-order valence-corrected chi connectivity index (χ4v) is 3.49. The van der Waals surface area contributed by atoms with Crippen molar-refractivity contribution < 1.29 is 8.42 Å². The highest BCUT2D eigenvalue weighted by Crippen LogP contribution is 2.18. The Balaban J connectivity index is 2.09. The third-order valence-electron chi connectivity index (χ3n) is 3.10. The van der Waals surface area contributed by atoms with Crippen LogP contribution in [0.5, 0.6) is 0 Å². The average Bonchev–Trinajstić information content (AvgIpc) is 2.41. The summed E-state index contributed by atoms with van der Waals surface area (Å²) in [5.74, 6) is -0.0348. The monoisotopic (exact) mass is 300 g/mol. The minimum absolute atomic E-state index is 0.0348. The van der Waals surface area contributed by atoms with Gasteiger partial charge in [-0.3, -0.25) is 0 Å². The molecule has 2 rings (SSSR count). The highest BCUT2D eigenvalue weighted by molar-refractivity contribution is 7.94. The van der Waals surface area contributed by atoms with Gasteiger partial charge in [-0.1, -0.05) is 30.3 Å². The zero-order valence-corrected chi connectivity index (χ0v) is 12.2. The summed E-state index contributed by atoms with van der Waals surface area (Å²) in [6, 6.07) is 6.84. The molecule has 4 nitrogen and oxygen atoms in total. The van der Waals surface area contributed by atoms with E-state index in [1.165, 1.54) is 0 Å². The Morgan fingerprint density at radius 1 is 1.26 bits per heavy atom. The summed E-state index contributed by atoms with van der Waals surface area (Å²) in [7, 11) is -3.37. The van der Waals surface area contributed by atoms with Crippen LogP contribution in [0.4, 0.5) is 0 Å². The van der Waals surface area contributed by atoms with Gasteiger partial charge in [0.25, 0.3) is 0 Å². The Hall–Kier alpha value is -1.04. The number of halogens is 1. The third kappa shape index (κ3) is 3.72. The number of nitrogens with zero attached hydrogens (tertiary/aromatic N) is 1. The van der Waals surface area contributed by atoms with Gasteiger partial charge in [0.2, 0.25) is 0 Å². The number of piperazine rings is 1. The summed E-state index contributed by atoms with van der Waals surface area (Å²) in [5, 5.41) is 4.00. The first-order chi connectivity index (χ1) is 8.99. The maximum Gasteiger partial charge on any atom is 0.196 e. The number of nitrogens with one attached hydrogen (secondary N) is 1. The Bertz CT molecular complexity index is 549. The SMILES string of the molecule is C=C(N1CCNCC1)S(=O)(=O)Cc1ccc(Cl)cc1. The van der Waals surface area contributed by atoms with Gasteiger partial charge in [0.1, 0.15) is 5.03 Å². The van der Waals surface area contributed by atoms with E-state index in [9.17, 15) is 8.42 Å². The van der Waals surface area contributed by atoms with Crippen molar-refractivity contribution >= 4 is 21.4 Å². The third-order valence-corrected chi connectivity index (χ3v) is 5.04. The molecule has 104 valence electrons. The van der Waals surface area contributed by atoms with Crippen molar-refractivity contribution in [2.75, 3.05) is 26.2 Å². The van der Waals surface area contributed by atoms with Gasteiger partial charge in [-0.25, -0.2) is 8.42 Å². The van der Waals surface area contributed by atoms with Crippen molar-refractivity contribution in [3.63, 3.8) is 0 Å². The van der Waals surface area contributed by atoms with Gasteiger partial charge in [-0.2, -0.15) is 0 Å². The van der Waals surface area contributed by atoms with Gasteiger partial charge in [0.05, 0.1) is 5.75 Å². The molecule has 1 aromatic carbocycles. The van der Waals surface area contributed by atoms with Crippen LogP contribution in [0.2, 0.25) is 5.02 Å². The van der Waals surface area contributed by atoms with Crippen LogP contribution in [-0.2, 0) is 15.6 Å². The van der Waals surface area contributed by atoms with E-state index in [-0.39, 0.29) is 10.8 Å². The van der Waals surface area contributed by atoms with Gasteiger partial charge in [-0.15, -0.1) is 0 Å². The maximum atomic E-state index is 12.3. The Morgan fingerprint density at radius 2 is 1.84 bits per heavy atom. The van der Waals surface area contributed by atoms with E-state index in [4.69, 9.17) is 11.6 Å². The molecule has 0 unspecified atom stereocenters. The summed E-state index contributed by atoms with van der Waals surface area (Å²) < 4.78 is 24.6. The molecule has 1 aliphatic heterocycles. The quantitative estimate of drug-likeness (QED) is 0.918. The molecule has 1 aliphatic rings.